The highest BCUT2D eigenvalue weighted by atomic mass is 16.4. The number of nitrogens with one attached hydrogen (secondary N) is 8. The van der Waals surface area contributed by atoms with Gasteiger partial charge in [0, 0.05) is 62.3 Å². The van der Waals surface area contributed by atoms with Crippen LogP contribution in [0.5, 0.6) is 17.2 Å². The Labute approximate surface area is 534 Å². The van der Waals surface area contributed by atoms with E-state index in [1.165, 1.54) is 77.7 Å². The number of carbonyl (C=O) groups is 9. The molecule has 6 aromatic rings. The summed E-state index contributed by atoms with van der Waals surface area (Å²) in [5.74, 6) is -9.18. The summed E-state index contributed by atoms with van der Waals surface area (Å²) >= 11 is 0. The minimum Gasteiger partial charge on any atom is -0.508 e. The molecule has 28 heteroatoms. The topological polar surface area (TPSA) is 469 Å². The number of phenolic OH excluding ortho intramolecular Hbond substituents is 3. The number of aromatic hydroxyl groups is 3. The number of carboxylic acids is 1. The number of fused-ring (bicyclic) bond motifs is 1. The van der Waals surface area contributed by atoms with Crippen LogP contribution in [0.3, 0.4) is 0 Å². The normalized spacial score (nSPS) is 15.7. The smallest absolute Gasteiger partial charge is 0.328 e. The van der Waals surface area contributed by atoms with Gasteiger partial charge in [-0.2, -0.15) is 0 Å². The van der Waals surface area contributed by atoms with E-state index in [1.54, 1.807) is 60.8 Å². The Morgan fingerprint density at radius 2 is 0.989 bits per heavy atom. The van der Waals surface area contributed by atoms with Crippen molar-refractivity contribution in [1.29, 1.82) is 0 Å². The molecule has 0 bridgehead atoms. The van der Waals surface area contributed by atoms with Crippen molar-refractivity contribution in [3.8, 4) is 17.2 Å². The number of guanidine groups is 1. The van der Waals surface area contributed by atoms with Crippen molar-refractivity contribution in [3.05, 3.63) is 161 Å². The number of aliphatic hydroxyl groups excluding tert-OH is 2. The monoisotopic (exact) mass is 1280 g/mol. The summed E-state index contributed by atoms with van der Waals surface area (Å²) in [5, 5.41) is 79.5. The number of nitrogens with two attached hydrogens (primary N) is 3. The summed E-state index contributed by atoms with van der Waals surface area (Å²) in [6.45, 7) is 0.666. The fourth-order valence-electron chi connectivity index (χ4n) is 10.7. The number of aliphatic hydroxyl groups is 2. The molecule has 0 unspecified atom stereocenters. The van der Waals surface area contributed by atoms with Crippen LogP contribution >= 0.6 is 0 Å². The molecule has 0 saturated carbocycles. The van der Waals surface area contributed by atoms with Gasteiger partial charge in [-0.15, -0.1) is 0 Å². The number of carbonyl (C=O) groups excluding carboxylic acids is 8. The van der Waals surface area contributed by atoms with E-state index >= 15 is 14.4 Å². The van der Waals surface area contributed by atoms with Gasteiger partial charge < -0.3 is 94.9 Å². The maximum absolute atomic E-state index is 15.2. The minimum absolute atomic E-state index is 0.0353. The number of H-pyrrole nitrogens is 1. The molecule has 20 N–H and O–H groups in total. The number of likely N-dealkylation sites (tertiary alicyclic amines) is 1. The summed E-state index contributed by atoms with van der Waals surface area (Å²) in [6.07, 6.45) is -0.491. The van der Waals surface area contributed by atoms with Crippen LogP contribution < -0.4 is 54.4 Å². The number of aliphatic imine (C=N–C) groups is 1. The summed E-state index contributed by atoms with van der Waals surface area (Å²) in [6, 6.07) is 19.2. The van der Waals surface area contributed by atoms with Crippen molar-refractivity contribution >= 4 is 70.1 Å². The highest BCUT2D eigenvalue weighted by molar-refractivity contribution is 5.99. The van der Waals surface area contributed by atoms with Crippen LogP contribution in [0.1, 0.15) is 60.4 Å². The van der Waals surface area contributed by atoms with E-state index in [0.29, 0.717) is 45.1 Å². The molecule has 1 aromatic heterocycles. The molecule has 0 radical (unpaired) electrons. The molecule has 0 aliphatic carbocycles. The number of hydrogen-bond acceptors (Lipinski definition) is 16. The van der Waals surface area contributed by atoms with Crippen molar-refractivity contribution in [2.45, 2.75) is 125 Å². The Hall–Kier alpha value is -10.6. The fourth-order valence-corrected chi connectivity index (χ4v) is 10.7. The van der Waals surface area contributed by atoms with Crippen molar-refractivity contribution in [2.75, 3.05) is 19.7 Å². The van der Waals surface area contributed by atoms with Crippen molar-refractivity contribution < 1.29 is 73.8 Å². The highest BCUT2D eigenvalue weighted by Crippen LogP contribution is 2.23. The van der Waals surface area contributed by atoms with Crippen molar-refractivity contribution in [2.24, 2.45) is 22.2 Å². The van der Waals surface area contributed by atoms with Gasteiger partial charge in [0.15, 0.2) is 12.0 Å². The molecule has 10 atom stereocenters. The number of hydrogen-bond donors (Lipinski definition) is 17. The third-order valence-corrected chi connectivity index (χ3v) is 15.7. The van der Waals surface area contributed by atoms with Crippen LogP contribution in [0.25, 0.3) is 10.9 Å². The van der Waals surface area contributed by atoms with Crippen LogP contribution in [0.4, 0.5) is 0 Å². The van der Waals surface area contributed by atoms with Crippen LogP contribution in [0, 0.1) is 0 Å². The maximum atomic E-state index is 15.2. The molecule has 2 heterocycles. The van der Waals surface area contributed by atoms with Crippen molar-refractivity contribution in [1.82, 2.24) is 47.1 Å². The fraction of sp³-hybridized carbons (Fsp3) is 0.354. The molecule has 494 valence electrons. The highest BCUT2D eigenvalue weighted by Gasteiger charge is 2.39. The number of benzene rings is 5. The number of aromatic nitrogens is 1. The second-order valence-corrected chi connectivity index (χ2v) is 22.7. The van der Waals surface area contributed by atoms with E-state index in [9.17, 15) is 59.4 Å². The first kappa shape index (κ1) is 69.9. The Balaban J connectivity index is 1.22. The predicted octanol–water partition coefficient (Wildman–Crippen LogP) is -0.979. The number of para-hydroxylation sites is 1. The molecule has 1 fully saturated rings. The number of aromatic amines is 1. The zero-order chi connectivity index (χ0) is 67.3. The van der Waals surface area contributed by atoms with Gasteiger partial charge in [-0.3, -0.25) is 43.3 Å². The lowest BCUT2D eigenvalue weighted by molar-refractivity contribution is -0.145. The zero-order valence-corrected chi connectivity index (χ0v) is 50.9. The lowest BCUT2D eigenvalue weighted by Gasteiger charge is -2.29. The first-order chi connectivity index (χ1) is 44.5. The van der Waals surface area contributed by atoms with Crippen LogP contribution in [0.15, 0.2) is 139 Å². The lowest BCUT2D eigenvalue weighted by atomic mass is 9.99. The summed E-state index contributed by atoms with van der Waals surface area (Å²) < 4.78 is 0. The molecule has 5 aromatic carbocycles. The molecule has 0 spiro atoms. The van der Waals surface area contributed by atoms with Gasteiger partial charge in [-0.25, -0.2) is 4.79 Å². The zero-order valence-electron chi connectivity index (χ0n) is 50.9. The first-order valence-corrected chi connectivity index (χ1v) is 30.1. The Bertz CT molecular complexity index is 3590. The predicted molar refractivity (Wildman–Crippen MR) is 340 cm³/mol. The van der Waals surface area contributed by atoms with Crippen LogP contribution in [-0.4, -0.2) is 180 Å². The largest absolute Gasteiger partial charge is 0.508 e. The molecule has 28 nitrogen and oxygen atoms in total. The number of carboxylic acid groups (broad SMARTS) is 1. The Kier molecular flexibility index (Phi) is 25.2. The van der Waals surface area contributed by atoms with E-state index in [4.69, 9.17) is 17.2 Å². The van der Waals surface area contributed by atoms with E-state index in [0.717, 1.165) is 6.92 Å². The number of aliphatic carboxylic acids is 1. The molecular formula is C65H79N13O15. The summed E-state index contributed by atoms with van der Waals surface area (Å²) in [4.78, 5) is 137. The van der Waals surface area contributed by atoms with Crippen LogP contribution in [0.2, 0.25) is 0 Å². The lowest BCUT2D eigenvalue weighted by Crippen LogP contribution is -2.61. The van der Waals surface area contributed by atoms with Gasteiger partial charge >= 0.3 is 5.97 Å². The van der Waals surface area contributed by atoms with Gasteiger partial charge in [0.25, 0.3) is 0 Å². The SMILES string of the molecule is C[C@@H](O)[C@H](NC(=O)[C@H](Cc1ccc(O)cc1)NC(=O)[C@H](Cc1ccc(O)cc1)NC(=O)[C@H](Cc1ccccc1)NC(=O)[C@H](Cc1ccc(O)cc1)NC(=O)[C@H](Cc1c[nH]c2ccccc12)NC(=O)[C@H](CCCN=C(N)N)NC(=O)[C@@H]1CCCN1C(=O)[C@@H](N)CO)C(=O)O. The Morgan fingerprint density at radius 1 is 0.570 bits per heavy atom. The molecule has 8 amide bonds. The number of amides is 8. The molecule has 1 saturated heterocycles. The third-order valence-electron chi connectivity index (χ3n) is 15.7. The van der Waals surface area contributed by atoms with E-state index in [2.05, 4.69) is 47.2 Å². The van der Waals surface area contributed by atoms with Gasteiger partial charge in [0.2, 0.25) is 47.3 Å². The summed E-state index contributed by atoms with van der Waals surface area (Å²) in [5.41, 5.74) is 20.0. The number of nitrogens with zero attached hydrogens (tertiary/aromatic N) is 2. The first-order valence-electron chi connectivity index (χ1n) is 30.1. The summed E-state index contributed by atoms with van der Waals surface area (Å²) in [7, 11) is 0. The number of rotatable bonds is 32. The third kappa shape index (κ3) is 20.5. The molecule has 1 aliphatic heterocycles. The standard InChI is InChI=1S/C65H79N13O15/c1-36(80)55(64(92)93)77-61(89)52(32-40-19-25-44(83)26-20-40)75-59(87)50(30-38-15-21-42(81)22-16-38)73-57(85)49(29-37-9-3-2-4-10-37)72-58(86)51(31-39-17-23-43(82)24-18-39)74-60(88)53(33-41-34-70-47-12-6-5-11-45(41)47)76-56(84)48(13-7-27-69-65(67)68)71-62(90)54-14-8-28-78(54)63(91)46(66)35-79/h2-6,9-12,15-26,34,36,46,48-55,70,79-83H,7-8,13-14,27-33,35,66H2,1H3,(H,71,90)(H,72,86)(H,73,85)(H,74,88)(H,75,87)(H,76,84)(H,77,89)(H,92,93)(H4,67,68,69)/t36-,46+,48+,49+,50+,51+,52+,53+,54+,55+/m1/s1. The van der Waals surface area contributed by atoms with Gasteiger partial charge in [-0.1, -0.05) is 84.9 Å². The minimum atomic E-state index is -1.81. The molecule has 7 rings (SSSR count). The number of phenols is 3. The van der Waals surface area contributed by atoms with E-state index in [-0.39, 0.29) is 87.7 Å². The van der Waals surface area contributed by atoms with Crippen LogP contribution in [-0.2, 0) is 75.3 Å². The Morgan fingerprint density at radius 3 is 1.43 bits per heavy atom. The second-order valence-electron chi connectivity index (χ2n) is 22.7. The second kappa shape index (κ2) is 33.5. The average Bonchev–Trinajstić information content (AvgIpc) is 1.80. The molecule has 1 aliphatic rings. The molecule has 93 heavy (non-hydrogen) atoms. The molecular weight excluding hydrogens is 1200 g/mol. The van der Waals surface area contributed by atoms with E-state index < -0.39 is 120 Å². The van der Waals surface area contributed by atoms with Crippen molar-refractivity contribution in [3.63, 3.8) is 0 Å². The van der Waals surface area contributed by atoms with Gasteiger partial charge in [0.05, 0.1) is 12.7 Å². The maximum Gasteiger partial charge on any atom is 0.328 e. The van der Waals surface area contributed by atoms with Gasteiger partial charge in [-0.05, 0) is 103 Å². The van der Waals surface area contributed by atoms with E-state index in [1.807, 2.05) is 0 Å². The average molecular weight is 1280 g/mol. The quantitative estimate of drug-likeness (QED) is 0.0137. The van der Waals surface area contributed by atoms with Gasteiger partial charge in [0.1, 0.15) is 65.6 Å².